The highest BCUT2D eigenvalue weighted by atomic mass is 19.3. The Hall–Kier alpha value is -2.82. The Morgan fingerprint density at radius 1 is 1.30 bits per heavy atom. The number of ether oxygens (including phenoxy) is 2. The van der Waals surface area contributed by atoms with Crippen molar-refractivity contribution in [3.05, 3.63) is 30.7 Å². The van der Waals surface area contributed by atoms with E-state index in [4.69, 9.17) is 15.9 Å². The Kier molecular flexibility index (Phi) is 4.72. The molecule has 144 valence electrons. The molecule has 1 fully saturated rings. The number of rotatable bonds is 5. The molecule has 2 aromatic rings. The Morgan fingerprint density at radius 3 is 2.56 bits per heavy atom. The Labute approximate surface area is 151 Å². The smallest absolute Gasteiger partial charge is 0.446 e. The summed E-state index contributed by atoms with van der Waals surface area (Å²) in [6.45, 7) is 0. The molecule has 7 nitrogen and oxygen atoms in total. The predicted octanol–water partition coefficient (Wildman–Crippen LogP) is 2.25. The number of nitrogens with two attached hydrogens (primary N) is 1. The number of pyridine rings is 1. The molecule has 3 N–H and O–H groups in total. The van der Waals surface area contributed by atoms with Crippen LogP contribution in [-0.4, -0.2) is 41.0 Å². The molecule has 27 heavy (non-hydrogen) atoms. The number of halogens is 4. The Balaban J connectivity index is 1.78. The van der Waals surface area contributed by atoms with Gasteiger partial charge in [-0.3, -0.25) is 0 Å². The lowest BCUT2D eigenvalue weighted by Gasteiger charge is -2.34. The van der Waals surface area contributed by atoms with Crippen LogP contribution in [0.4, 0.5) is 23.4 Å². The predicted molar refractivity (Wildman–Crippen MR) is 85.8 cm³/mol. The van der Waals surface area contributed by atoms with Crippen LogP contribution >= 0.6 is 0 Å². The maximum Gasteiger partial charge on any atom is 0.446 e. The highest BCUT2D eigenvalue weighted by Crippen LogP contribution is 2.39. The Bertz CT molecular complexity index is 852. The third-order valence-corrected chi connectivity index (χ3v) is 4.01. The van der Waals surface area contributed by atoms with Crippen molar-refractivity contribution in [2.45, 2.75) is 31.0 Å². The highest BCUT2D eigenvalue weighted by molar-refractivity contribution is 5.77. The number of hydrogen-bond acceptors (Lipinski definition) is 6. The quantitative estimate of drug-likeness (QED) is 0.356. The molecule has 0 amide bonds. The highest BCUT2D eigenvalue weighted by Gasteiger charge is 2.47. The molecule has 0 spiro atoms. The average molecular weight is 386 g/mol. The number of nitrogen functional groups attached to an aromatic ring is 1. The van der Waals surface area contributed by atoms with E-state index in [-0.39, 0.29) is 30.2 Å². The van der Waals surface area contributed by atoms with Gasteiger partial charge in [0.25, 0.3) is 5.92 Å². The molecule has 2 aromatic heterocycles. The number of anilines is 1. The number of alkyl halides is 4. The molecule has 0 aliphatic heterocycles. The SMILES string of the molecule is COC(F)(F)C(=N)[n+]1cc(-c2ccc(OC3CC(F)(F)C3)nc2)ncc1N. The second-order valence-electron chi connectivity index (χ2n) is 6.03. The Morgan fingerprint density at radius 2 is 2.00 bits per heavy atom. The summed E-state index contributed by atoms with van der Waals surface area (Å²) in [4.78, 5) is 8.04. The summed E-state index contributed by atoms with van der Waals surface area (Å²) in [5.74, 6) is -3.88. The van der Waals surface area contributed by atoms with Crippen molar-refractivity contribution in [2.24, 2.45) is 0 Å². The number of nitrogens with one attached hydrogen (secondary N) is 1. The molecule has 0 radical (unpaired) electrons. The summed E-state index contributed by atoms with van der Waals surface area (Å²) >= 11 is 0. The topological polar surface area (TPSA) is 98.0 Å². The summed E-state index contributed by atoms with van der Waals surface area (Å²) in [7, 11) is 0.772. The van der Waals surface area contributed by atoms with E-state index in [2.05, 4.69) is 14.7 Å². The maximum atomic E-state index is 13.6. The maximum absolute atomic E-state index is 13.6. The molecule has 3 rings (SSSR count). The minimum atomic E-state index is -3.84. The van der Waals surface area contributed by atoms with Crippen molar-refractivity contribution >= 4 is 11.7 Å². The summed E-state index contributed by atoms with van der Waals surface area (Å²) in [6, 6.07) is 3.00. The summed E-state index contributed by atoms with van der Waals surface area (Å²) in [6.07, 6.45) is -1.51. The molecular formula is C16H16F4N5O2+. The van der Waals surface area contributed by atoms with E-state index in [0.29, 0.717) is 5.56 Å². The first-order chi connectivity index (χ1) is 12.6. The first kappa shape index (κ1) is 19.0. The van der Waals surface area contributed by atoms with Crippen LogP contribution in [0.15, 0.2) is 30.7 Å². The van der Waals surface area contributed by atoms with Crippen LogP contribution in [0.5, 0.6) is 5.88 Å². The van der Waals surface area contributed by atoms with E-state index in [9.17, 15) is 17.6 Å². The van der Waals surface area contributed by atoms with Gasteiger partial charge < -0.3 is 15.2 Å². The van der Waals surface area contributed by atoms with Crippen molar-refractivity contribution in [1.29, 1.82) is 5.41 Å². The zero-order valence-corrected chi connectivity index (χ0v) is 14.1. The fourth-order valence-electron chi connectivity index (χ4n) is 2.47. The van der Waals surface area contributed by atoms with Crippen molar-refractivity contribution in [3.8, 4) is 17.1 Å². The third-order valence-electron chi connectivity index (χ3n) is 4.01. The zero-order chi connectivity index (χ0) is 19.8. The third kappa shape index (κ3) is 3.97. The molecule has 1 aliphatic rings. The fraction of sp³-hybridized carbons (Fsp3) is 0.375. The molecule has 0 aromatic carbocycles. The lowest BCUT2D eigenvalue weighted by Crippen LogP contribution is -2.55. The number of hydrogen-bond donors (Lipinski definition) is 2. The second kappa shape index (κ2) is 6.72. The van der Waals surface area contributed by atoms with E-state index in [0.717, 1.165) is 24.1 Å². The fourth-order valence-corrected chi connectivity index (χ4v) is 2.47. The molecule has 0 atom stereocenters. The molecule has 1 saturated carbocycles. The molecule has 0 saturated heterocycles. The average Bonchev–Trinajstić information content (AvgIpc) is 2.61. The minimum absolute atomic E-state index is 0.168. The molecule has 0 unspecified atom stereocenters. The van der Waals surface area contributed by atoms with E-state index in [1.165, 1.54) is 12.3 Å². The van der Waals surface area contributed by atoms with E-state index < -0.39 is 24.0 Å². The first-order valence-corrected chi connectivity index (χ1v) is 7.82. The van der Waals surface area contributed by atoms with Crippen molar-refractivity contribution < 1.29 is 31.6 Å². The lowest BCUT2D eigenvalue weighted by atomic mass is 9.91. The van der Waals surface area contributed by atoms with E-state index in [1.807, 2.05) is 0 Å². The standard InChI is InChI=1S/C16H15F4N5O2/c1-26-16(19,20)14(22)25-8-11(23-7-12(25)21)9-2-3-13(24-6-9)27-10-4-15(17,18)5-10/h2-3,6-8,10,21-22H,4-5H2,1H3/p+1. The largest absolute Gasteiger partial charge is 0.474 e. The number of methoxy groups -OCH3 is 1. The molecule has 11 heteroatoms. The molecule has 2 heterocycles. The van der Waals surface area contributed by atoms with Crippen LogP contribution in [0.1, 0.15) is 12.8 Å². The number of aromatic nitrogens is 3. The molecule has 1 aliphatic carbocycles. The van der Waals surface area contributed by atoms with Gasteiger partial charge in [0.1, 0.15) is 18.0 Å². The van der Waals surface area contributed by atoms with Crippen LogP contribution in [0.3, 0.4) is 0 Å². The van der Waals surface area contributed by atoms with Gasteiger partial charge in [-0.1, -0.05) is 0 Å². The van der Waals surface area contributed by atoms with Gasteiger partial charge in [0.05, 0.1) is 6.20 Å². The van der Waals surface area contributed by atoms with Gasteiger partial charge in [-0.25, -0.2) is 18.7 Å². The monoisotopic (exact) mass is 386 g/mol. The first-order valence-electron chi connectivity index (χ1n) is 7.82. The van der Waals surface area contributed by atoms with Crippen molar-refractivity contribution in [3.63, 3.8) is 0 Å². The summed E-state index contributed by atoms with van der Waals surface area (Å²) in [5, 5.41) is 7.59. The van der Waals surface area contributed by atoms with Crippen LogP contribution in [0.2, 0.25) is 0 Å². The molecular weight excluding hydrogens is 370 g/mol. The second-order valence-corrected chi connectivity index (χ2v) is 6.03. The normalized spacial score (nSPS) is 16.6. The van der Waals surface area contributed by atoms with Crippen molar-refractivity contribution in [2.75, 3.05) is 12.8 Å². The zero-order valence-electron chi connectivity index (χ0n) is 14.1. The van der Waals surface area contributed by atoms with Gasteiger partial charge in [0.2, 0.25) is 11.7 Å². The van der Waals surface area contributed by atoms with Gasteiger partial charge >= 0.3 is 11.9 Å². The van der Waals surface area contributed by atoms with Crippen LogP contribution in [0.25, 0.3) is 11.3 Å². The summed E-state index contributed by atoms with van der Waals surface area (Å²) < 4.78 is 62.9. The van der Waals surface area contributed by atoms with E-state index >= 15 is 0 Å². The van der Waals surface area contributed by atoms with E-state index in [1.54, 1.807) is 6.07 Å². The molecule has 0 bridgehead atoms. The summed E-state index contributed by atoms with van der Waals surface area (Å²) in [5.41, 5.74) is 6.27. The van der Waals surface area contributed by atoms with Crippen molar-refractivity contribution in [1.82, 2.24) is 9.97 Å². The van der Waals surface area contributed by atoms with Crippen LogP contribution in [-0.2, 0) is 4.74 Å². The van der Waals surface area contributed by atoms with Gasteiger partial charge in [-0.15, -0.1) is 0 Å². The van der Waals surface area contributed by atoms with Gasteiger partial charge in [0.15, 0.2) is 0 Å². The number of nitrogens with zero attached hydrogens (tertiary/aromatic N) is 3. The van der Waals surface area contributed by atoms with Crippen LogP contribution in [0, 0.1) is 5.41 Å². The van der Waals surface area contributed by atoms with Gasteiger partial charge in [0, 0.05) is 37.8 Å². The minimum Gasteiger partial charge on any atom is -0.474 e. The van der Waals surface area contributed by atoms with Gasteiger partial charge in [-0.2, -0.15) is 18.8 Å². The lowest BCUT2D eigenvalue weighted by molar-refractivity contribution is -0.557. The van der Waals surface area contributed by atoms with Crippen LogP contribution < -0.4 is 15.0 Å². The van der Waals surface area contributed by atoms with Gasteiger partial charge in [-0.05, 0) is 6.07 Å².